The van der Waals surface area contributed by atoms with E-state index in [1.54, 1.807) is 6.07 Å². The highest BCUT2D eigenvalue weighted by molar-refractivity contribution is 5.92. The Hall–Kier alpha value is -1.45. The molecule has 1 N–H and O–H groups in total. The van der Waals surface area contributed by atoms with E-state index in [1.807, 2.05) is 0 Å². The molecule has 0 saturated heterocycles. The summed E-state index contributed by atoms with van der Waals surface area (Å²) in [7, 11) is 0. The Bertz CT molecular complexity index is 350. The summed E-state index contributed by atoms with van der Waals surface area (Å²) < 4.78 is 12.7. The van der Waals surface area contributed by atoms with Gasteiger partial charge in [-0.2, -0.15) is 4.39 Å². The Kier molecular flexibility index (Phi) is 2.43. The first-order chi connectivity index (χ1) is 6.75. The molecule has 0 radical (unpaired) electrons. The van der Waals surface area contributed by atoms with E-state index in [0.717, 1.165) is 19.3 Å². The number of aromatic nitrogens is 1. The lowest BCUT2D eigenvalue weighted by molar-refractivity contribution is -0.122. The summed E-state index contributed by atoms with van der Waals surface area (Å²) in [6.45, 7) is 0. The quantitative estimate of drug-likeness (QED) is 0.731. The number of hydrogen-bond donors (Lipinski definition) is 1. The van der Waals surface area contributed by atoms with Gasteiger partial charge in [0.15, 0.2) is 0 Å². The monoisotopic (exact) mass is 194 g/mol. The van der Waals surface area contributed by atoms with Crippen molar-refractivity contribution in [3.05, 3.63) is 24.1 Å². The zero-order valence-corrected chi connectivity index (χ0v) is 7.66. The van der Waals surface area contributed by atoms with Gasteiger partial charge in [-0.15, -0.1) is 0 Å². The van der Waals surface area contributed by atoms with Gasteiger partial charge in [0, 0.05) is 5.92 Å². The normalized spacial score (nSPS) is 16.1. The summed E-state index contributed by atoms with van der Waals surface area (Å²) in [5.41, 5.74) is 0. The number of halogens is 1. The molecular weight excluding hydrogens is 183 g/mol. The molecule has 0 spiro atoms. The van der Waals surface area contributed by atoms with Gasteiger partial charge in [-0.3, -0.25) is 4.79 Å². The van der Waals surface area contributed by atoms with Crippen molar-refractivity contribution in [1.82, 2.24) is 4.98 Å². The fraction of sp³-hybridized carbons (Fsp3) is 0.400. The van der Waals surface area contributed by atoms with Crippen LogP contribution in [0.5, 0.6) is 0 Å². The minimum absolute atomic E-state index is 0.0469. The highest BCUT2D eigenvalue weighted by Gasteiger charge is 2.25. The highest BCUT2D eigenvalue weighted by atomic mass is 19.1. The molecular formula is C10H11FN2O. The molecule has 1 saturated carbocycles. The standard InChI is InChI=1S/C10H11FN2O/c11-8-5-2-6-9(12-8)13-10(14)7-3-1-4-7/h2,5-7H,1,3-4H2,(H,12,13,14). The molecule has 0 bridgehead atoms. The summed E-state index contributed by atoms with van der Waals surface area (Å²) in [6.07, 6.45) is 2.97. The Morgan fingerprint density at radius 2 is 2.29 bits per heavy atom. The average molecular weight is 194 g/mol. The van der Waals surface area contributed by atoms with Crippen molar-refractivity contribution in [1.29, 1.82) is 0 Å². The lowest BCUT2D eigenvalue weighted by atomic mass is 9.85. The number of amides is 1. The minimum Gasteiger partial charge on any atom is -0.310 e. The number of pyridine rings is 1. The minimum atomic E-state index is -0.573. The molecule has 3 nitrogen and oxygen atoms in total. The number of anilines is 1. The predicted octanol–water partition coefficient (Wildman–Crippen LogP) is 1.96. The number of rotatable bonds is 2. The largest absolute Gasteiger partial charge is 0.310 e. The molecule has 4 heteroatoms. The van der Waals surface area contributed by atoms with Crippen molar-refractivity contribution >= 4 is 11.7 Å². The topological polar surface area (TPSA) is 42.0 Å². The number of nitrogens with zero attached hydrogens (tertiary/aromatic N) is 1. The fourth-order valence-electron chi connectivity index (χ4n) is 1.38. The summed E-state index contributed by atoms with van der Waals surface area (Å²) >= 11 is 0. The summed E-state index contributed by atoms with van der Waals surface area (Å²) in [5.74, 6) is -0.229. The van der Waals surface area contributed by atoms with Crippen molar-refractivity contribution < 1.29 is 9.18 Å². The number of hydrogen-bond acceptors (Lipinski definition) is 2. The fourth-order valence-corrected chi connectivity index (χ4v) is 1.38. The van der Waals surface area contributed by atoms with Crippen molar-refractivity contribution in [3.63, 3.8) is 0 Å². The van der Waals surface area contributed by atoms with Gasteiger partial charge in [-0.1, -0.05) is 12.5 Å². The molecule has 1 fully saturated rings. The number of nitrogens with one attached hydrogen (secondary N) is 1. The van der Waals surface area contributed by atoms with Crippen LogP contribution < -0.4 is 5.32 Å². The number of carbonyl (C=O) groups excluding carboxylic acids is 1. The van der Waals surface area contributed by atoms with Crippen LogP contribution in [0.15, 0.2) is 18.2 Å². The lowest BCUT2D eigenvalue weighted by Gasteiger charge is -2.23. The highest BCUT2D eigenvalue weighted by Crippen LogP contribution is 2.27. The molecule has 14 heavy (non-hydrogen) atoms. The maximum absolute atomic E-state index is 12.7. The van der Waals surface area contributed by atoms with Crippen LogP contribution >= 0.6 is 0 Å². The van der Waals surface area contributed by atoms with Gasteiger partial charge in [0.1, 0.15) is 5.82 Å². The molecule has 2 rings (SSSR count). The molecule has 74 valence electrons. The second kappa shape index (κ2) is 3.74. The van der Waals surface area contributed by atoms with E-state index >= 15 is 0 Å². The van der Waals surface area contributed by atoms with Gasteiger partial charge in [-0.05, 0) is 25.0 Å². The van der Waals surface area contributed by atoms with Crippen molar-refractivity contribution in [2.24, 2.45) is 5.92 Å². The SMILES string of the molecule is O=C(Nc1cccc(F)n1)C1CCC1. The van der Waals surface area contributed by atoms with Gasteiger partial charge in [0.2, 0.25) is 11.9 Å². The second-order valence-corrected chi connectivity index (χ2v) is 3.46. The van der Waals surface area contributed by atoms with Crippen LogP contribution in [-0.2, 0) is 4.79 Å². The zero-order valence-electron chi connectivity index (χ0n) is 7.66. The lowest BCUT2D eigenvalue weighted by Crippen LogP contribution is -2.28. The van der Waals surface area contributed by atoms with Crippen molar-refractivity contribution in [2.45, 2.75) is 19.3 Å². The van der Waals surface area contributed by atoms with Gasteiger partial charge < -0.3 is 5.32 Å². The molecule has 1 heterocycles. The third-order valence-electron chi connectivity index (χ3n) is 2.44. The molecule has 1 aliphatic rings. The summed E-state index contributed by atoms with van der Waals surface area (Å²) in [6, 6.07) is 4.36. The van der Waals surface area contributed by atoms with E-state index in [0.29, 0.717) is 5.82 Å². The molecule has 1 aliphatic carbocycles. The molecule has 1 aromatic rings. The van der Waals surface area contributed by atoms with E-state index in [9.17, 15) is 9.18 Å². The Morgan fingerprint density at radius 3 is 2.86 bits per heavy atom. The Balaban J connectivity index is 1.99. The molecule has 0 unspecified atom stereocenters. The summed E-state index contributed by atoms with van der Waals surface area (Å²) in [5, 5.41) is 2.59. The molecule has 0 aliphatic heterocycles. The average Bonchev–Trinajstić information content (AvgIpc) is 1.99. The predicted molar refractivity (Wildman–Crippen MR) is 50.2 cm³/mol. The van der Waals surface area contributed by atoms with Crippen LogP contribution in [0.3, 0.4) is 0 Å². The zero-order chi connectivity index (χ0) is 9.97. The maximum Gasteiger partial charge on any atom is 0.228 e. The molecule has 0 aromatic carbocycles. The first-order valence-electron chi connectivity index (χ1n) is 4.69. The maximum atomic E-state index is 12.7. The van der Waals surface area contributed by atoms with Crippen LogP contribution in [0.4, 0.5) is 10.2 Å². The van der Waals surface area contributed by atoms with Crippen LogP contribution in [0, 0.1) is 11.9 Å². The first-order valence-corrected chi connectivity index (χ1v) is 4.69. The van der Waals surface area contributed by atoms with E-state index in [-0.39, 0.29) is 11.8 Å². The van der Waals surface area contributed by atoms with E-state index in [1.165, 1.54) is 12.1 Å². The van der Waals surface area contributed by atoms with Crippen LogP contribution in [0.25, 0.3) is 0 Å². The third-order valence-corrected chi connectivity index (χ3v) is 2.44. The smallest absolute Gasteiger partial charge is 0.228 e. The molecule has 1 amide bonds. The first kappa shape index (κ1) is 9.12. The van der Waals surface area contributed by atoms with Gasteiger partial charge in [-0.25, -0.2) is 4.98 Å². The van der Waals surface area contributed by atoms with E-state index < -0.39 is 5.95 Å². The van der Waals surface area contributed by atoms with Crippen LogP contribution in [0.2, 0.25) is 0 Å². The Labute approximate surface area is 81.3 Å². The van der Waals surface area contributed by atoms with Gasteiger partial charge >= 0.3 is 0 Å². The van der Waals surface area contributed by atoms with Crippen LogP contribution in [0.1, 0.15) is 19.3 Å². The second-order valence-electron chi connectivity index (χ2n) is 3.46. The van der Waals surface area contributed by atoms with E-state index in [4.69, 9.17) is 0 Å². The summed E-state index contributed by atoms with van der Waals surface area (Å²) in [4.78, 5) is 15.0. The molecule has 1 aromatic heterocycles. The van der Waals surface area contributed by atoms with E-state index in [2.05, 4.69) is 10.3 Å². The third kappa shape index (κ3) is 1.89. The van der Waals surface area contributed by atoms with Gasteiger partial charge in [0.05, 0.1) is 0 Å². The van der Waals surface area contributed by atoms with Crippen molar-refractivity contribution in [3.8, 4) is 0 Å². The van der Waals surface area contributed by atoms with Gasteiger partial charge in [0.25, 0.3) is 0 Å². The number of carbonyl (C=O) groups is 1. The Morgan fingerprint density at radius 1 is 1.50 bits per heavy atom. The van der Waals surface area contributed by atoms with Crippen LogP contribution in [-0.4, -0.2) is 10.9 Å². The van der Waals surface area contributed by atoms with Crippen molar-refractivity contribution in [2.75, 3.05) is 5.32 Å². The molecule has 0 atom stereocenters.